The minimum atomic E-state index is 0.111. The summed E-state index contributed by atoms with van der Waals surface area (Å²) in [4.78, 5) is 2.19. The largest absolute Gasteiger partial charge is 0.394 e. The molecule has 0 rings (SSSR count). The van der Waals surface area contributed by atoms with Gasteiger partial charge in [-0.2, -0.15) is 0 Å². The van der Waals surface area contributed by atoms with Gasteiger partial charge in [-0.3, -0.25) is 0 Å². The Kier molecular flexibility index (Phi) is 8.81. The Bertz CT molecular complexity index is 91.1. The SMILES string of the molecule is CNCCN(C)CCOCCO. The molecule has 0 aromatic heterocycles. The fourth-order valence-corrected chi connectivity index (χ4v) is 0.801. The number of nitrogens with one attached hydrogen (secondary N) is 1. The minimum absolute atomic E-state index is 0.111. The molecule has 0 aliphatic heterocycles. The average Bonchev–Trinajstić information content (AvgIpc) is 2.09. The van der Waals surface area contributed by atoms with Crippen molar-refractivity contribution in [3.63, 3.8) is 0 Å². The van der Waals surface area contributed by atoms with Gasteiger partial charge < -0.3 is 20.1 Å². The molecule has 4 heteroatoms. The van der Waals surface area contributed by atoms with E-state index in [0.717, 1.165) is 19.6 Å². The van der Waals surface area contributed by atoms with Crippen LogP contribution in [0, 0.1) is 0 Å². The molecular weight excluding hydrogens is 156 g/mol. The van der Waals surface area contributed by atoms with Crippen LogP contribution in [-0.4, -0.2) is 63.6 Å². The van der Waals surface area contributed by atoms with Crippen LogP contribution >= 0.6 is 0 Å². The van der Waals surface area contributed by atoms with Crippen molar-refractivity contribution < 1.29 is 9.84 Å². The second-order valence-electron chi connectivity index (χ2n) is 2.74. The zero-order valence-corrected chi connectivity index (χ0v) is 8.05. The lowest BCUT2D eigenvalue weighted by molar-refractivity contribution is 0.0786. The Morgan fingerprint density at radius 2 is 2.08 bits per heavy atom. The third-order valence-corrected chi connectivity index (χ3v) is 1.60. The average molecular weight is 176 g/mol. The first-order valence-electron chi connectivity index (χ1n) is 4.33. The van der Waals surface area contributed by atoms with E-state index >= 15 is 0 Å². The highest BCUT2D eigenvalue weighted by molar-refractivity contribution is 4.51. The standard InChI is InChI=1S/C8H20N2O2/c1-9-3-4-10(2)5-7-12-8-6-11/h9,11H,3-8H2,1-2H3. The van der Waals surface area contributed by atoms with E-state index < -0.39 is 0 Å². The lowest BCUT2D eigenvalue weighted by Crippen LogP contribution is -2.30. The van der Waals surface area contributed by atoms with Crippen molar-refractivity contribution in [3.8, 4) is 0 Å². The van der Waals surface area contributed by atoms with E-state index in [0.29, 0.717) is 13.2 Å². The third kappa shape index (κ3) is 7.94. The summed E-state index contributed by atoms with van der Waals surface area (Å²) >= 11 is 0. The third-order valence-electron chi connectivity index (χ3n) is 1.60. The van der Waals surface area contributed by atoms with Gasteiger partial charge in [-0.1, -0.05) is 0 Å². The number of hydrogen-bond acceptors (Lipinski definition) is 4. The molecule has 0 unspecified atom stereocenters. The number of ether oxygens (including phenoxy) is 1. The summed E-state index contributed by atoms with van der Waals surface area (Å²) < 4.78 is 5.12. The molecule has 74 valence electrons. The molecule has 12 heavy (non-hydrogen) atoms. The van der Waals surface area contributed by atoms with Crippen LogP contribution in [0.4, 0.5) is 0 Å². The molecule has 0 amide bonds. The highest BCUT2D eigenvalue weighted by atomic mass is 16.5. The molecule has 0 atom stereocenters. The van der Waals surface area contributed by atoms with Gasteiger partial charge in [0.1, 0.15) is 0 Å². The van der Waals surface area contributed by atoms with E-state index in [2.05, 4.69) is 17.3 Å². The van der Waals surface area contributed by atoms with Crippen molar-refractivity contribution in [3.05, 3.63) is 0 Å². The molecule has 4 nitrogen and oxygen atoms in total. The van der Waals surface area contributed by atoms with Crippen LogP contribution in [0.15, 0.2) is 0 Å². The number of likely N-dealkylation sites (N-methyl/N-ethyl adjacent to an activating group) is 2. The molecule has 0 heterocycles. The Balaban J connectivity index is 3.02. The van der Waals surface area contributed by atoms with E-state index in [1.54, 1.807) is 0 Å². The Hall–Kier alpha value is -0.160. The zero-order chi connectivity index (χ0) is 9.23. The fraction of sp³-hybridized carbons (Fsp3) is 1.00. The van der Waals surface area contributed by atoms with Crippen LogP contribution in [0.25, 0.3) is 0 Å². The number of aliphatic hydroxyl groups is 1. The van der Waals surface area contributed by atoms with Crippen molar-refractivity contribution in [1.29, 1.82) is 0 Å². The second kappa shape index (κ2) is 8.93. The van der Waals surface area contributed by atoms with Gasteiger partial charge in [0, 0.05) is 19.6 Å². The maximum Gasteiger partial charge on any atom is 0.0698 e. The van der Waals surface area contributed by atoms with Crippen molar-refractivity contribution in [2.75, 3.05) is 53.6 Å². The molecular formula is C8H20N2O2. The molecule has 0 saturated carbocycles. The van der Waals surface area contributed by atoms with Crippen LogP contribution in [0.5, 0.6) is 0 Å². The van der Waals surface area contributed by atoms with Crippen LogP contribution in [0.2, 0.25) is 0 Å². The first-order chi connectivity index (χ1) is 5.81. The maximum absolute atomic E-state index is 8.42. The second-order valence-corrected chi connectivity index (χ2v) is 2.74. The molecule has 0 fully saturated rings. The Morgan fingerprint density at radius 3 is 2.67 bits per heavy atom. The van der Waals surface area contributed by atoms with Gasteiger partial charge in [-0.15, -0.1) is 0 Å². The molecule has 0 saturated heterocycles. The first kappa shape index (κ1) is 11.8. The van der Waals surface area contributed by atoms with Crippen molar-refractivity contribution >= 4 is 0 Å². The molecule has 0 aliphatic rings. The Morgan fingerprint density at radius 1 is 1.33 bits per heavy atom. The highest BCUT2D eigenvalue weighted by Gasteiger charge is 1.95. The molecule has 0 radical (unpaired) electrons. The molecule has 2 N–H and O–H groups in total. The van der Waals surface area contributed by atoms with Gasteiger partial charge in [0.2, 0.25) is 0 Å². The summed E-state index contributed by atoms with van der Waals surface area (Å²) in [5.41, 5.74) is 0. The minimum Gasteiger partial charge on any atom is -0.394 e. The van der Waals surface area contributed by atoms with Crippen LogP contribution in [0.1, 0.15) is 0 Å². The lowest BCUT2D eigenvalue weighted by atomic mass is 10.5. The number of hydrogen-bond donors (Lipinski definition) is 2. The van der Waals surface area contributed by atoms with E-state index in [1.807, 2.05) is 7.05 Å². The molecule has 0 spiro atoms. The topological polar surface area (TPSA) is 44.7 Å². The van der Waals surface area contributed by atoms with Gasteiger partial charge in [0.15, 0.2) is 0 Å². The number of nitrogens with zero attached hydrogens (tertiary/aromatic N) is 1. The molecule has 0 bridgehead atoms. The van der Waals surface area contributed by atoms with Crippen LogP contribution in [-0.2, 0) is 4.74 Å². The van der Waals surface area contributed by atoms with Crippen molar-refractivity contribution in [2.24, 2.45) is 0 Å². The number of aliphatic hydroxyl groups excluding tert-OH is 1. The van der Waals surface area contributed by atoms with Crippen LogP contribution < -0.4 is 5.32 Å². The molecule has 0 aromatic rings. The van der Waals surface area contributed by atoms with Crippen molar-refractivity contribution in [2.45, 2.75) is 0 Å². The van der Waals surface area contributed by atoms with Gasteiger partial charge in [0.25, 0.3) is 0 Å². The van der Waals surface area contributed by atoms with Gasteiger partial charge in [-0.25, -0.2) is 0 Å². The fourth-order valence-electron chi connectivity index (χ4n) is 0.801. The summed E-state index contributed by atoms with van der Waals surface area (Å²) in [6, 6.07) is 0. The number of rotatable bonds is 8. The highest BCUT2D eigenvalue weighted by Crippen LogP contribution is 1.81. The van der Waals surface area contributed by atoms with E-state index in [1.165, 1.54) is 0 Å². The summed E-state index contributed by atoms with van der Waals surface area (Å²) in [5, 5.41) is 11.5. The van der Waals surface area contributed by atoms with Crippen LogP contribution in [0.3, 0.4) is 0 Å². The van der Waals surface area contributed by atoms with Gasteiger partial charge in [0.05, 0.1) is 19.8 Å². The summed E-state index contributed by atoms with van der Waals surface area (Å²) in [6.45, 7) is 4.19. The van der Waals surface area contributed by atoms with E-state index in [9.17, 15) is 0 Å². The summed E-state index contributed by atoms with van der Waals surface area (Å²) in [7, 11) is 4.00. The van der Waals surface area contributed by atoms with E-state index in [4.69, 9.17) is 9.84 Å². The normalized spacial score (nSPS) is 11.0. The maximum atomic E-state index is 8.42. The molecule has 0 aromatic carbocycles. The van der Waals surface area contributed by atoms with Gasteiger partial charge >= 0.3 is 0 Å². The van der Waals surface area contributed by atoms with E-state index in [-0.39, 0.29) is 6.61 Å². The predicted molar refractivity (Wildman–Crippen MR) is 49.3 cm³/mol. The van der Waals surface area contributed by atoms with Gasteiger partial charge in [-0.05, 0) is 14.1 Å². The molecule has 0 aliphatic carbocycles. The quantitative estimate of drug-likeness (QED) is 0.473. The first-order valence-corrected chi connectivity index (χ1v) is 4.33. The predicted octanol–water partition coefficient (Wildman–Crippen LogP) is -0.853. The monoisotopic (exact) mass is 176 g/mol. The van der Waals surface area contributed by atoms with Crippen molar-refractivity contribution in [1.82, 2.24) is 10.2 Å². The smallest absolute Gasteiger partial charge is 0.0698 e. The Labute approximate surface area is 74.5 Å². The summed E-state index contributed by atoms with van der Waals surface area (Å²) in [6.07, 6.45) is 0. The lowest BCUT2D eigenvalue weighted by Gasteiger charge is -2.15. The zero-order valence-electron chi connectivity index (χ0n) is 8.05. The summed E-state index contributed by atoms with van der Waals surface area (Å²) in [5.74, 6) is 0.